The third-order valence-corrected chi connectivity index (χ3v) is 3.60. The molecule has 1 heterocycles. The summed E-state index contributed by atoms with van der Waals surface area (Å²) in [7, 11) is 0. The van der Waals surface area contributed by atoms with Gasteiger partial charge in [-0.3, -0.25) is 14.5 Å². The fourth-order valence-corrected chi connectivity index (χ4v) is 2.46. The lowest BCUT2D eigenvalue weighted by atomic mass is 9.98. The van der Waals surface area contributed by atoms with Gasteiger partial charge in [0.15, 0.2) is 0 Å². The second kappa shape index (κ2) is 8.22. The summed E-state index contributed by atoms with van der Waals surface area (Å²) >= 11 is 5.77. The summed E-state index contributed by atoms with van der Waals surface area (Å²) < 4.78 is 0. The zero-order valence-corrected chi connectivity index (χ0v) is 13.0. The van der Waals surface area contributed by atoms with Gasteiger partial charge in [0, 0.05) is 17.3 Å². The monoisotopic (exact) mass is 332 g/mol. The number of aliphatic carboxylic acids is 1. The van der Waals surface area contributed by atoms with E-state index in [0.717, 1.165) is 13.0 Å². The summed E-state index contributed by atoms with van der Waals surface area (Å²) in [5.74, 6) is -1.29. The van der Waals surface area contributed by atoms with E-state index in [1.165, 1.54) is 0 Å². The van der Waals surface area contributed by atoms with E-state index in [4.69, 9.17) is 16.7 Å². The maximum Gasteiger partial charge on any atom is 0.307 e. The molecule has 1 aromatic carbocycles. The summed E-state index contributed by atoms with van der Waals surface area (Å²) in [6.07, 6.45) is 1.50. The Balaban J connectivity index is 0.00000220. The number of halogens is 2. The molecule has 116 valence electrons. The maximum atomic E-state index is 11.9. The van der Waals surface area contributed by atoms with Crippen molar-refractivity contribution in [2.45, 2.75) is 12.8 Å². The number of hydrogen-bond donors (Lipinski definition) is 2. The summed E-state index contributed by atoms with van der Waals surface area (Å²) in [4.78, 5) is 24.8. The molecule has 1 atom stereocenters. The number of hydrogen-bond acceptors (Lipinski definition) is 3. The van der Waals surface area contributed by atoms with E-state index < -0.39 is 5.97 Å². The smallest absolute Gasteiger partial charge is 0.307 e. The van der Waals surface area contributed by atoms with Crippen LogP contribution >= 0.6 is 24.0 Å². The average molecular weight is 333 g/mol. The van der Waals surface area contributed by atoms with Crippen LogP contribution in [-0.4, -0.2) is 41.5 Å². The van der Waals surface area contributed by atoms with Gasteiger partial charge in [0.05, 0.1) is 12.5 Å². The van der Waals surface area contributed by atoms with Crippen LogP contribution in [0, 0.1) is 5.92 Å². The molecule has 1 saturated heterocycles. The van der Waals surface area contributed by atoms with Crippen molar-refractivity contribution in [2.75, 3.05) is 25.0 Å². The molecule has 0 aromatic heterocycles. The number of likely N-dealkylation sites (tertiary alicyclic amines) is 1. The van der Waals surface area contributed by atoms with Gasteiger partial charge in [0.25, 0.3) is 0 Å². The lowest BCUT2D eigenvalue weighted by molar-refractivity contribution is -0.144. The molecule has 1 aliphatic rings. The zero-order valence-electron chi connectivity index (χ0n) is 11.4. The van der Waals surface area contributed by atoms with Crippen molar-refractivity contribution in [1.29, 1.82) is 0 Å². The Morgan fingerprint density at radius 1 is 1.33 bits per heavy atom. The quantitative estimate of drug-likeness (QED) is 0.888. The molecule has 21 heavy (non-hydrogen) atoms. The summed E-state index contributed by atoms with van der Waals surface area (Å²) in [6, 6.07) is 6.88. The second-order valence-corrected chi connectivity index (χ2v) is 5.40. The Bertz CT molecular complexity index is 493. The van der Waals surface area contributed by atoms with Crippen molar-refractivity contribution >= 4 is 41.6 Å². The number of piperidine rings is 1. The highest BCUT2D eigenvalue weighted by molar-refractivity contribution is 6.30. The van der Waals surface area contributed by atoms with Crippen molar-refractivity contribution in [3.63, 3.8) is 0 Å². The molecule has 0 aliphatic carbocycles. The molecule has 0 bridgehead atoms. The molecular weight excluding hydrogens is 315 g/mol. The zero-order chi connectivity index (χ0) is 14.5. The lowest BCUT2D eigenvalue weighted by Crippen LogP contribution is -2.42. The van der Waals surface area contributed by atoms with Crippen LogP contribution in [0.3, 0.4) is 0 Å². The SMILES string of the molecule is Cl.O=C(CN1CCCC(C(=O)O)C1)Nc1ccc(Cl)cc1. The van der Waals surface area contributed by atoms with E-state index in [1.807, 2.05) is 4.90 Å². The van der Waals surface area contributed by atoms with Gasteiger partial charge >= 0.3 is 5.97 Å². The molecule has 0 saturated carbocycles. The molecule has 1 fully saturated rings. The Hall–Kier alpha value is -1.30. The van der Waals surface area contributed by atoms with Gasteiger partial charge in [-0.25, -0.2) is 0 Å². The average Bonchev–Trinajstić information content (AvgIpc) is 2.41. The molecule has 0 spiro atoms. The van der Waals surface area contributed by atoms with E-state index >= 15 is 0 Å². The number of anilines is 1. The molecular formula is C14H18Cl2N2O3. The first-order valence-electron chi connectivity index (χ1n) is 6.55. The molecule has 1 aliphatic heterocycles. The first-order valence-corrected chi connectivity index (χ1v) is 6.93. The number of carbonyl (C=O) groups excluding carboxylic acids is 1. The normalized spacial score (nSPS) is 18.6. The summed E-state index contributed by atoms with van der Waals surface area (Å²) in [6.45, 7) is 1.41. The number of carboxylic acids is 1. The minimum Gasteiger partial charge on any atom is -0.481 e. The molecule has 0 radical (unpaired) electrons. The largest absolute Gasteiger partial charge is 0.481 e. The van der Waals surface area contributed by atoms with Gasteiger partial charge in [0.2, 0.25) is 5.91 Å². The minimum absolute atomic E-state index is 0. The van der Waals surface area contributed by atoms with E-state index in [2.05, 4.69) is 5.32 Å². The predicted molar refractivity (Wildman–Crippen MR) is 84.1 cm³/mol. The highest BCUT2D eigenvalue weighted by atomic mass is 35.5. The van der Waals surface area contributed by atoms with Crippen molar-refractivity contribution < 1.29 is 14.7 Å². The highest BCUT2D eigenvalue weighted by Crippen LogP contribution is 2.17. The minimum atomic E-state index is -0.784. The maximum absolute atomic E-state index is 11.9. The van der Waals surface area contributed by atoms with Crippen molar-refractivity contribution in [2.24, 2.45) is 5.92 Å². The van der Waals surface area contributed by atoms with Gasteiger partial charge in [-0.2, -0.15) is 0 Å². The number of benzene rings is 1. The fraction of sp³-hybridized carbons (Fsp3) is 0.429. The number of rotatable bonds is 4. The van der Waals surface area contributed by atoms with Gasteiger partial charge in [-0.1, -0.05) is 11.6 Å². The third kappa shape index (κ3) is 5.53. The molecule has 2 rings (SSSR count). The third-order valence-electron chi connectivity index (χ3n) is 3.35. The van der Waals surface area contributed by atoms with E-state index in [1.54, 1.807) is 24.3 Å². The Morgan fingerprint density at radius 2 is 2.00 bits per heavy atom. The van der Waals surface area contributed by atoms with E-state index in [9.17, 15) is 9.59 Å². The van der Waals surface area contributed by atoms with Gasteiger partial charge in [-0.15, -0.1) is 12.4 Å². The molecule has 2 N–H and O–H groups in total. The van der Waals surface area contributed by atoms with Crippen LogP contribution in [0.2, 0.25) is 5.02 Å². The van der Waals surface area contributed by atoms with E-state index in [-0.39, 0.29) is 30.8 Å². The van der Waals surface area contributed by atoms with Crippen molar-refractivity contribution in [3.05, 3.63) is 29.3 Å². The Morgan fingerprint density at radius 3 is 2.62 bits per heavy atom. The van der Waals surface area contributed by atoms with E-state index in [0.29, 0.717) is 23.7 Å². The topological polar surface area (TPSA) is 69.6 Å². The lowest BCUT2D eigenvalue weighted by Gasteiger charge is -2.29. The Labute approximate surface area is 134 Å². The molecule has 1 amide bonds. The van der Waals surface area contributed by atoms with Gasteiger partial charge in [0.1, 0.15) is 0 Å². The van der Waals surface area contributed by atoms with Gasteiger partial charge < -0.3 is 10.4 Å². The number of amides is 1. The van der Waals surface area contributed by atoms with Crippen LogP contribution in [0.5, 0.6) is 0 Å². The van der Waals surface area contributed by atoms with Crippen LogP contribution < -0.4 is 5.32 Å². The molecule has 7 heteroatoms. The molecule has 1 unspecified atom stereocenters. The van der Waals surface area contributed by atoms with Crippen LogP contribution in [0.25, 0.3) is 0 Å². The Kier molecular flexibility index (Phi) is 6.95. The summed E-state index contributed by atoms with van der Waals surface area (Å²) in [5, 5.41) is 12.4. The number of carbonyl (C=O) groups is 2. The van der Waals surface area contributed by atoms with Crippen LogP contribution in [0.4, 0.5) is 5.69 Å². The van der Waals surface area contributed by atoms with Crippen molar-refractivity contribution in [3.8, 4) is 0 Å². The van der Waals surface area contributed by atoms with Crippen molar-refractivity contribution in [1.82, 2.24) is 4.90 Å². The number of nitrogens with zero attached hydrogens (tertiary/aromatic N) is 1. The summed E-state index contributed by atoms with van der Waals surface area (Å²) in [5.41, 5.74) is 0.686. The number of nitrogens with one attached hydrogen (secondary N) is 1. The molecule has 5 nitrogen and oxygen atoms in total. The highest BCUT2D eigenvalue weighted by Gasteiger charge is 2.26. The van der Waals surface area contributed by atoms with Crippen LogP contribution in [0.1, 0.15) is 12.8 Å². The second-order valence-electron chi connectivity index (χ2n) is 4.97. The fourth-order valence-electron chi connectivity index (χ4n) is 2.34. The first-order chi connectivity index (χ1) is 9.54. The first kappa shape index (κ1) is 17.8. The predicted octanol–water partition coefficient (Wildman–Crippen LogP) is 2.50. The van der Waals surface area contributed by atoms with Crippen LogP contribution in [-0.2, 0) is 9.59 Å². The standard InChI is InChI=1S/C14H17ClN2O3.ClH/c15-11-3-5-12(6-4-11)16-13(18)9-17-7-1-2-10(8-17)14(19)20;/h3-6,10H,1-2,7-9H2,(H,16,18)(H,19,20);1H. The van der Waals surface area contributed by atoms with Crippen LogP contribution in [0.15, 0.2) is 24.3 Å². The number of carboxylic acid groups (broad SMARTS) is 1. The van der Waals surface area contributed by atoms with Gasteiger partial charge in [-0.05, 0) is 43.7 Å². The molecule has 1 aromatic rings.